The summed E-state index contributed by atoms with van der Waals surface area (Å²) in [6.07, 6.45) is 0. The molecule has 0 aliphatic heterocycles. The minimum atomic E-state index is -0.532. The van der Waals surface area contributed by atoms with Gasteiger partial charge < -0.3 is 15.2 Å². The van der Waals surface area contributed by atoms with Crippen LogP contribution in [0.1, 0.15) is 25.6 Å². The smallest absolute Gasteiger partial charge is 0.350 e. The summed E-state index contributed by atoms with van der Waals surface area (Å²) in [6, 6.07) is 4.18. The molecule has 1 heterocycles. The summed E-state index contributed by atoms with van der Waals surface area (Å²) in [5.74, 6) is -1.29. The Morgan fingerprint density at radius 1 is 1.38 bits per heavy atom. The number of nitrogens with one attached hydrogen (secondary N) is 1. The summed E-state index contributed by atoms with van der Waals surface area (Å²) in [6.45, 7) is 1.76. The third-order valence-electron chi connectivity index (χ3n) is 2.79. The van der Waals surface area contributed by atoms with Gasteiger partial charge in [0.1, 0.15) is 10.6 Å². The summed E-state index contributed by atoms with van der Waals surface area (Å²) in [5.41, 5.74) is 1.19. The zero-order valence-corrected chi connectivity index (χ0v) is 12.8. The molecule has 0 bridgehead atoms. The second-order valence-corrected chi connectivity index (χ2v) is 5.55. The van der Waals surface area contributed by atoms with E-state index in [0.717, 1.165) is 5.56 Å². The van der Waals surface area contributed by atoms with Crippen molar-refractivity contribution in [3.63, 3.8) is 0 Å². The number of halogens is 1. The van der Waals surface area contributed by atoms with E-state index < -0.39 is 11.9 Å². The number of hydrogen-bond acceptors (Lipinski definition) is 5. The average molecular weight is 326 g/mol. The Morgan fingerprint density at radius 2 is 2.10 bits per heavy atom. The number of thiophene rings is 1. The van der Waals surface area contributed by atoms with Crippen molar-refractivity contribution in [1.29, 1.82) is 0 Å². The molecule has 0 atom stereocenters. The molecule has 0 aliphatic rings. The molecule has 1 amide bonds. The number of carbonyl (C=O) groups excluding carboxylic acids is 2. The number of anilines is 1. The maximum atomic E-state index is 12.2. The van der Waals surface area contributed by atoms with E-state index in [9.17, 15) is 14.7 Å². The van der Waals surface area contributed by atoms with Gasteiger partial charge in [-0.2, -0.15) is 0 Å². The highest BCUT2D eigenvalue weighted by Crippen LogP contribution is 2.30. The summed E-state index contributed by atoms with van der Waals surface area (Å²) >= 11 is 6.90. The summed E-state index contributed by atoms with van der Waals surface area (Å²) in [7, 11) is 1.27. The maximum Gasteiger partial charge on any atom is 0.350 e. The van der Waals surface area contributed by atoms with Crippen molar-refractivity contribution in [3.8, 4) is 5.75 Å². The monoisotopic (exact) mass is 325 g/mol. The quantitative estimate of drug-likeness (QED) is 0.847. The van der Waals surface area contributed by atoms with Crippen molar-refractivity contribution >= 4 is 40.5 Å². The van der Waals surface area contributed by atoms with Crippen molar-refractivity contribution in [1.82, 2.24) is 0 Å². The van der Waals surface area contributed by atoms with Crippen LogP contribution >= 0.6 is 22.9 Å². The first kappa shape index (κ1) is 15.3. The van der Waals surface area contributed by atoms with Crippen molar-refractivity contribution in [2.24, 2.45) is 0 Å². The van der Waals surface area contributed by atoms with Gasteiger partial charge in [-0.25, -0.2) is 4.79 Å². The molecule has 1 aromatic heterocycles. The largest absolute Gasteiger partial charge is 0.507 e. The minimum absolute atomic E-state index is 0.0702. The Balaban J connectivity index is 2.32. The summed E-state index contributed by atoms with van der Waals surface area (Å²) in [4.78, 5) is 24.1. The first-order chi connectivity index (χ1) is 9.93. The van der Waals surface area contributed by atoms with Gasteiger partial charge in [-0.3, -0.25) is 4.79 Å². The Morgan fingerprint density at radius 3 is 2.71 bits per heavy atom. The van der Waals surface area contributed by atoms with Crippen LogP contribution in [-0.4, -0.2) is 24.1 Å². The number of esters is 1. The van der Waals surface area contributed by atoms with Gasteiger partial charge >= 0.3 is 5.97 Å². The van der Waals surface area contributed by atoms with Crippen molar-refractivity contribution in [2.45, 2.75) is 6.92 Å². The zero-order valence-electron chi connectivity index (χ0n) is 11.3. The highest BCUT2D eigenvalue weighted by atomic mass is 35.5. The summed E-state index contributed by atoms with van der Waals surface area (Å²) in [5, 5.41) is 14.4. The van der Waals surface area contributed by atoms with Crippen molar-refractivity contribution in [3.05, 3.63) is 44.6 Å². The standard InChI is InChI=1S/C14H12ClNO4S/c1-7-6-21-12(14(19)20-2)11(7)16-13(18)9-4-3-8(15)5-10(9)17/h3-6,17H,1-2H3,(H,16,18). The molecule has 0 fully saturated rings. The van der Waals surface area contributed by atoms with E-state index in [0.29, 0.717) is 15.6 Å². The molecule has 2 rings (SSSR count). The lowest BCUT2D eigenvalue weighted by molar-refractivity contribution is 0.0607. The SMILES string of the molecule is COC(=O)c1scc(C)c1NC(=O)c1ccc(Cl)cc1O. The van der Waals surface area contributed by atoms with Gasteiger partial charge in [0.05, 0.1) is 18.4 Å². The minimum Gasteiger partial charge on any atom is -0.507 e. The highest BCUT2D eigenvalue weighted by Gasteiger charge is 2.20. The van der Waals surface area contributed by atoms with E-state index in [1.165, 1.54) is 36.6 Å². The van der Waals surface area contributed by atoms with E-state index in [-0.39, 0.29) is 11.3 Å². The Bertz CT molecular complexity index is 711. The topological polar surface area (TPSA) is 75.6 Å². The zero-order chi connectivity index (χ0) is 15.6. The molecule has 2 N–H and O–H groups in total. The fraction of sp³-hybridized carbons (Fsp3) is 0.143. The number of phenols is 1. The molecule has 0 saturated heterocycles. The number of benzene rings is 1. The lowest BCUT2D eigenvalue weighted by atomic mass is 10.1. The van der Waals surface area contributed by atoms with E-state index in [2.05, 4.69) is 10.1 Å². The van der Waals surface area contributed by atoms with Gasteiger partial charge in [0.25, 0.3) is 5.91 Å². The molecular formula is C14H12ClNO4S. The fourth-order valence-corrected chi connectivity index (χ4v) is 2.81. The second kappa shape index (κ2) is 6.15. The molecule has 0 radical (unpaired) electrons. The van der Waals surface area contributed by atoms with Gasteiger partial charge in [-0.15, -0.1) is 11.3 Å². The van der Waals surface area contributed by atoms with E-state index in [4.69, 9.17) is 11.6 Å². The Kier molecular flexibility index (Phi) is 4.50. The number of amides is 1. The van der Waals surface area contributed by atoms with Crippen molar-refractivity contribution in [2.75, 3.05) is 12.4 Å². The molecule has 1 aromatic carbocycles. The van der Waals surface area contributed by atoms with E-state index in [1.54, 1.807) is 12.3 Å². The Hall–Kier alpha value is -2.05. The molecule has 0 spiro atoms. The first-order valence-electron chi connectivity index (χ1n) is 5.90. The Labute approximate surface area is 130 Å². The molecule has 21 heavy (non-hydrogen) atoms. The van der Waals surface area contributed by atoms with Crippen LogP contribution in [0.4, 0.5) is 5.69 Å². The van der Waals surface area contributed by atoms with E-state index >= 15 is 0 Å². The van der Waals surface area contributed by atoms with Gasteiger partial charge in [0, 0.05) is 5.02 Å². The predicted molar refractivity (Wildman–Crippen MR) is 81.5 cm³/mol. The number of methoxy groups -OCH3 is 1. The van der Waals surface area contributed by atoms with Gasteiger partial charge in [0.15, 0.2) is 0 Å². The number of carbonyl (C=O) groups is 2. The molecule has 110 valence electrons. The molecule has 2 aromatic rings. The van der Waals surface area contributed by atoms with Crippen LogP contribution < -0.4 is 5.32 Å². The maximum absolute atomic E-state index is 12.2. The molecule has 0 aliphatic carbocycles. The molecule has 7 heteroatoms. The normalized spacial score (nSPS) is 10.2. The fourth-order valence-electron chi connectivity index (χ4n) is 1.72. The lowest BCUT2D eigenvalue weighted by Crippen LogP contribution is -2.15. The van der Waals surface area contributed by atoms with Gasteiger partial charge in [-0.1, -0.05) is 11.6 Å². The number of ether oxygens (including phenoxy) is 1. The highest BCUT2D eigenvalue weighted by molar-refractivity contribution is 7.12. The van der Waals surface area contributed by atoms with Gasteiger partial charge in [-0.05, 0) is 36.1 Å². The molecule has 0 saturated carbocycles. The molecule has 0 unspecified atom stereocenters. The third kappa shape index (κ3) is 3.17. The second-order valence-electron chi connectivity index (χ2n) is 4.23. The van der Waals surface area contributed by atoms with Crippen LogP contribution in [0.25, 0.3) is 0 Å². The molecular weight excluding hydrogens is 314 g/mol. The number of phenolic OH excluding ortho intramolecular Hbond substituents is 1. The van der Waals surface area contributed by atoms with Crippen molar-refractivity contribution < 1.29 is 19.4 Å². The van der Waals surface area contributed by atoms with Crippen LogP contribution in [0.5, 0.6) is 5.75 Å². The van der Waals surface area contributed by atoms with Crippen LogP contribution in [0.15, 0.2) is 23.6 Å². The molecule has 5 nitrogen and oxygen atoms in total. The van der Waals surface area contributed by atoms with Crippen LogP contribution in [0.3, 0.4) is 0 Å². The predicted octanol–water partition coefficient (Wildman–Crippen LogP) is 3.45. The first-order valence-corrected chi connectivity index (χ1v) is 7.16. The number of aromatic hydroxyl groups is 1. The number of hydrogen-bond donors (Lipinski definition) is 2. The van der Waals surface area contributed by atoms with Crippen LogP contribution in [0, 0.1) is 6.92 Å². The summed E-state index contributed by atoms with van der Waals surface area (Å²) < 4.78 is 4.67. The number of rotatable bonds is 3. The average Bonchev–Trinajstić information content (AvgIpc) is 2.79. The van der Waals surface area contributed by atoms with Crippen LogP contribution in [0.2, 0.25) is 5.02 Å². The van der Waals surface area contributed by atoms with Gasteiger partial charge in [0.2, 0.25) is 0 Å². The lowest BCUT2D eigenvalue weighted by Gasteiger charge is -2.08. The third-order valence-corrected chi connectivity index (χ3v) is 4.10. The van der Waals surface area contributed by atoms with Crippen LogP contribution in [-0.2, 0) is 4.74 Å². The number of aryl methyl sites for hydroxylation is 1. The van der Waals surface area contributed by atoms with E-state index in [1.807, 2.05) is 0 Å².